The first-order chi connectivity index (χ1) is 7.58. The van der Waals surface area contributed by atoms with Crippen molar-refractivity contribution in [1.82, 2.24) is 0 Å². The molecule has 0 N–H and O–H groups in total. The highest BCUT2D eigenvalue weighted by molar-refractivity contribution is 6.38. The summed E-state index contributed by atoms with van der Waals surface area (Å²) >= 11 is 0. The van der Waals surface area contributed by atoms with Crippen molar-refractivity contribution in [2.24, 2.45) is 11.3 Å². The average Bonchev–Trinajstić information content (AvgIpc) is 3.02. The van der Waals surface area contributed by atoms with Gasteiger partial charge in [-0.05, 0) is 38.0 Å². The number of Topliss-reactive ketones (excluding diaryl/α,β-unsaturated/α-hetero) is 2. The molecule has 0 aromatic carbocycles. The molecule has 0 aliphatic heterocycles. The number of ether oxygens (including phenoxy) is 1. The van der Waals surface area contributed by atoms with Gasteiger partial charge in [0, 0.05) is 6.42 Å². The minimum Gasteiger partial charge on any atom is -0.460 e. The maximum atomic E-state index is 11.7. The van der Waals surface area contributed by atoms with Crippen LogP contribution in [0.5, 0.6) is 0 Å². The van der Waals surface area contributed by atoms with Crippen LogP contribution in [0.1, 0.15) is 39.0 Å². The highest BCUT2D eigenvalue weighted by Gasteiger charge is 2.51. The number of rotatable bonds is 3. The largest absolute Gasteiger partial charge is 0.460 e. The summed E-state index contributed by atoms with van der Waals surface area (Å²) in [5, 5.41) is 0. The minimum atomic E-state index is -0.849. The second-order valence-electron chi connectivity index (χ2n) is 4.81. The van der Waals surface area contributed by atoms with E-state index < -0.39 is 17.7 Å². The first-order valence-corrected chi connectivity index (χ1v) is 5.82. The standard InChI is InChI=1S/C12H16O4/c1-2-16-11(15)10(14)8-7-12(5-6-12)4-3-9(8)13/h8H,2-7H2,1H3. The number of carbonyl (C=O) groups excluding carboxylic acids is 3. The maximum Gasteiger partial charge on any atom is 0.375 e. The van der Waals surface area contributed by atoms with Crippen LogP contribution < -0.4 is 0 Å². The first-order valence-electron chi connectivity index (χ1n) is 5.82. The molecule has 2 fully saturated rings. The fourth-order valence-corrected chi connectivity index (χ4v) is 2.43. The average molecular weight is 224 g/mol. The summed E-state index contributed by atoms with van der Waals surface area (Å²) in [6.45, 7) is 1.83. The molecule has 0 aromatic heterocycles. The van der Waals surface area contributed by atoms with Crippen LogP contribution in [0.15, 0.2) is 0 Å². The van der Waals surface area contributed by atoms with E-state index in [0.717, 1.165) is 19.3 Å². The molecule has 2 saturated carbocycles. The van der Waals surface area contributed by atoms with Crippen molar-refractivity contribution in [2.75, 3.05) is 6.61 Å². The molecule has 1 unspecified atom stereocenters. The topological polar surface area (TPSA) is 60.4 Å². The number of ketones is 2. The Morgan fingerprint density at radius 2 is 2.06 bits per heavy atom. The van der Waals surface area contributed by atoms with Crippen LogP contribution in [-0.2, 0) is 19.1 Å². The molecule has 88 valence electrons. The summed E-state index contributed by atoms with van der Waals surface area (Å²) in [6, 6.07) is 0. The molecular weight excluding hydrogens is 208 g/mol. The highest BCUT2D eigenvalue weighted by atomic mass is 16.5. The summed E-state index contributed by atoms with van der Waals surface area (Å²) in [4.78, 5) is 34.6. The molecular formula is C12H16O4. The van der Waals surface area contributed by atoms with E-state index in [0.29, 0.717) is 12.8 Å². The van der Waals surface area contributed by atoms with Gasteiger partial charge in [0.25, 0.3) is 0 Å². The molecule has 0 saturated heterocycles. The molecule has 0 radical (unpaired) electrons. The lowest BCUT2D eigenvalue weighted by atomic mass is 9.76. The molecule has 4 nitrogen and oxygen atoms in total. The number of hydrogen-bond donors (Lipinski definition) is 0. The Bertz CT molecular complexity index is 341. The molecule has 0 aromatic rings. The van der Waals surface area contributed by atoms with Gasteiger partial charge in [-0.1, -0.05) is 0 Å². The minimum absolute atomic E-state index is 0.0874. The molecule has 4 heteroatoms. The summed E-state index contributed by atoms with van der Waals surface area (Å²) in [5.41, 5.74) is 0.195. The third kappa shape index (κ3) is 2.01. The zero-order valence-electron chi connectivity index (χ0n) is 9.45. The van der Waals surface area contributed by atoms with Gasteiger partial charge in [0.2, 0.25) is 5.78 Å². The fraction of sp³-hybridized carbons (Fsp3) is 0.750. The van der Waals surface area contributed by atoms with Gasteiger partial charge in [0.05, 0.1) is 12.5 Å². The summed E-state index contributed by atoms with van der Waals surface area (Å²) < 4.78 is 4.65. The smallest absolute Gasteiger partial charge is 0.375 e. The first kappa shape index (κ1) is 11.3. The Hall–Kier alpha value is -1.19. The van der Waals surface area contributed by atoms with Gasteiger partial charge in [-0.2, -0.15) is 0 Å². The molecule has 2 rings (SSSR count). The molecule has 2 aliphatic carbocycles. The Morgan fingerprint density at radius 1 is 1.38 bits per heavy atom. The molecule has 2 aliphatic rings. The van der Waals surface area contributed by atoms with Crippen LogP contribution >= 0.6 is 0 Å². The maximum absolute atomic E-state index is 11.7. The number of esters is 1. The van der Waals surface area contributed by atoms with Crippen molar-refractivity contribution in [1.29, 1.82) is 0 Å². The normalized spacial score (nSPS) is 26.6. The van der Waals surface area contributed by atoms with Crippen molar-refractivity contribution in [3.05, 3.63) is 0 Å². The molecule has 0 bridgehead atoms. The van der Waals surface area contributed by atoms with Gasteiger partial charge < -0.3 is 4.74 Å². The van der Waals surface area contributed by atoms with Crippen molar-refractivity contribution in [3.8, 4) is 0 Å². The van der Waals surface area contributed by atoms with E-state index in [1.165, 1.54) is 0 Å². The van der Waals surface area contributed by atoms with Crippen molar-refractivity contribution < 1.29 is 19.1 Å². The predicted molar refractivity (Wildman–Crippen MR) is 55.7 cm³/mol. The summed E-state index contributed by atoms with van der Waals surface area (Å²) in [7, 11) is 0. The van der Waals surface area contributed by atoms with Gasteiger partial charge in [0.15, 0.2) is 0 Å². The van der Waals surface area contributed by atoms with Crippen molar-refractivity contribution in [3.63, 3.8) is 0 Å². The lowest BCUT2D eigenvalue weighted by molar-refractivity contribution is -0.157. The van der Waals surface area contributed by atoms with Crippen molar-refractivity contribution >= 4 is 17.5 Å². The van der Waals surface area contributed by atoms with Crippen LogP contribution in [0.2, 0.25) is 0 Å². The van der Waals surface area contributed by atoms with Gasteiger partial charge in [-0.25, -0.2) is 4.79 Å². The SMILES string of the molecule is CCOC(=O)C(=O)C1CC2(CCC1=O)CC2. The van der Waals surface area contributed by atoms with Gasteiger partial charge in [0.1, 0.15) is 5.78 Å². The molecule has 0 amide bonds. The van der Waals surface area contributed by atoms with Gasteiger partial charge in [-0.3, -0.25) is 9.59 Å². The second-order valence-corrected chi connectivity index (χ2v) is 4.81. The summed E-state index contributed by atoms with van der Waals surface area (Å²) in [6.07, 6.45) is 4.07. The van der Waals surface area contributed by atoms with E-state index in [9.17, 15) is 14.4 Å². The van der Waals surface area contributed by atoms with E-state index in [1.54, 1.807) is 6.92 Å². The monoisotopic (exact) mass is 224 g/mol. The molecule has 0 heterocycles. The van der Waals surface area contributed by atoms with Crippen LogP contribution in [0.4, 0.5) is 0 Å². The quantitative estimate of drug-likeness (QED) is 0.411. The van der Waals surface area contributed by atoms with E-state index >= 15 is 0 Å². The lowest BCUT2D eigenvalue weighted by Gasteiger charge is -2.26. The van der Waals surface area contributed by atoms with E-state index in [4.69, 9.17) is 0 Å². The second kappa shape index (κ2) is 4.00. The van der Waals surface area contributed by atoms with Crippen LogP contribution in [0.25, 0.3) is 0 Å². The third-order valence-electron chi connectivity index (χ3n) is 3.68. The summed E-state index contributed by atoms with van der Waals surface area (Å²) in [5.74, 6) is -2.30. The van der Waals surface area contributed by atoms with Gasteiger partial charge >= 0.3 is 5.97 Å². The molecule has 1 atom stereocenters. The number of hydrogen-bond acceptors (Lipinski definition) is 4. The Balaban J connectivity index is 2.03. The Kier molecular flexibility index (Phi) is 2.82. The molecule has 16 heavy (non-hydrogen) atoms. The Labute approximate surface area is 94.3 Å². The van der Waals surface area contributed by atoms with E-state index in [1.807, 2.05) is 0 Å². The zero-order chi connectivity index (χ0) is 11.8. The van der Waals surface area contributed by atoms with Crippen LogP contribution in [0, 0.1) is 11.3 Å². The van der Waals surface area contributed by atoms with E-state index in [2.05, 4.69) is 4.74 Å². The zero-order valence-corrected chi connectivity index (χ0v) is 9.45. The van der Waals surface area contributed by atoms with Crippen molar-refractivity contribution in [2.45, 2.75) is 39.0 Å². The van der Waals surface area contributed by atoms with Crippen LogP contribution in [0.3, 0.4) is 0 Å². The number of carbonyl (C=O) groups is 3. The van der Waals surface area contributed by atoms with E-state index in [-0.39, 0.29) is 17.8 Å². The predicted octanol–water partition coefficient (Wildman–Crippen LogP) is 1.27. The van der Waals surface area contributed by atoms with Gasteiger partial charge in [-0.15, -0.1) is 0 Å². The fourth-order valence-electron chi connectivity index (χ4n) is 2.43. The van der Waals surface area contributed by atoms with Crippen LogP contribution in [-0.4, -0.2) is 24.1 Å². The Morgan fingerprint density at radius 3 is 2.62 bits per heavy atom. The third-order valence-corrected chi connectivity index (χ3v) is 3.68. The molecule has 1 spiro atoms. The highest BCUT2D eigenvalue weighted by Crippen LogP contribution is 2.56. The lowest BCUT2D eigenvalue weighted by Crippen LogP contribution is -2.36.